The monoisotopic (exact) mass is 751 g/mol. The van der Waals surface area contributed by atoms with Crippen LogP contribution in [0, 0.1) is 11.8 Å². The summed E-state index contributed by atoms with van der Waals surface area (Å²) in [7, 11) is 0. The topological polar surface area (TPSA) is 78.9 Å². The molecule has 0 aromatic carbocycles. The zero-order valence-electron chi connectivity index (χ0n) is 36.1. The first kappa shape index (κ1) is 51.4. The van der Waals surface area contributed by atoms with Gasteiger partial charge in [-0.05, 0) is 31.1 Å². The molecule has 0 aromatic heterocycles. The average Bonchev–Trinajstić information content (AvgIpc) is 3.14. The summed E-state index contributed by atoms with van der Waals surface area (Å²) in [6, 6.07) is 0. The van der Waals surface area contributed by atoms with Crippen molar-refractivity contribution >= 4 is 17.9 Å². The molecule has 0 fully saturated rings. The molecule has 0 rings (SSSR count). The van der Waals surface area contributed by atoms with E-state index in [0.717, 1.165) is 69.6 Å². The SMILES string of the molecule is CCCCCCCCCC(=O)OC[C@@H](COC(=O)CCCCCCCCCCCCCCCCC(C)CC)OC(=O)CCCCCCCCCC(C)C. The third-order valence-electron chi connectivity index (χ3n) is 10.8. The van der Waals surface area contributed by atoms with Crippen LogP contribution in [0.3, 0.4) is 0 Å². The summed E-state index contributed by atoms with van der Waals surface area (Å²) in [5, 5.41) is 0. The summed E-state index contributed by atoms with van der Waals surface area (Å²) < 4.78 is 16.7. The average molecular weight is 751 g/mol. The van der Waals surface area contributed by atoms with Gasteiger partial charge in [-0.2, -0.15) is 0 Å². The molecule has 0 aliphatic rings. The summed E-state index contributed by atoms with van der Waals surface area (Å²) in [6.45, 7) is 11.3. The molecule has 53 heavy (non-hydrogen) atoms. The van der Waals surface area contributed by atoms with Crippen LogP contribution in [0.2, 0.25) is 0 Å². The fraction of sp³-hybridized carbons (Fsp3) is 0.936. The molecule has 0 saturated carbocycles. The van der Waals surface area contributed by atoms with Crippen LogP contribution in [0.15, 0.2) is 0 Å². The summed E-state index contributed by atoms with van der Waals surface area (Å²) in [5.74, 6) is 0.808. The Bertz CT molecular complexity index is 811. The number of unbranched alkanes of at least 4 members (excludes halogenated alkanes) is 25. The lowest BCUT2D eigenvalue weighted by molar-refractivity contribution is -0.167. The minimum atomic E-state index is -0.759. The van der Waals surface area contributed by atoms with Gasteiger partial charge in [0.05, 0.1) is 0 Å². The molecule has 0 saturated heterocycles. The van der Waals surface area contributed by atoms with Crippen LogP contribution in [0.25, 0.3) is 0 Å². The number of hydrogen-bond donors (Lipinski definition) is 0. The van der Waals surface area contributed by atoms with E-state index in [1.807, 2.05) is 0 Å². The molecular formula is C47H90O6. The minimum absolute atomic E-state index is 0.0656. The number of ether oxygens (including phenoxy) is 3. The lowest BCUT2D eigenvalue weighted by Gasteiger charge is -2.18. The van der Waals surface area contributed by atoms with E-state index in [2.05, 4.69) is 34.6 Å². The zero-order valence-corrected chi connectivity index (χ0v) is 36.1. The molecular weight excluding hydrogens is 661 g/mol. The molecule has 0 spiro atoms. The number of rotatable bonds is 41. The Labute approximate surface area is 329 Å². The van der Waals surface area contributed by atoms with Gasteiger partial charge in [0.1, 0.15) is 13.2 Å². The van der Waals surface area contributed by atoms with E-state index in [1.54, 1.807) is 0 Å². The molecule has 0 bridgehead atoms. The smallest absolute Gasteiger partial charge is 0.306 e. The quantitative estimate of drug-likeness (QED) is 0.0352. The van der Waals surface area contributed by atoms with Crippen molar-refractivity contribution in [1.82, 2.24) is 0 Å². The fourth-order valence-electron chi connectivity index (χ4n) is 6.90. The first-order chi connectivity index (χ1) is 25.8. The highest BCUT2D eigenvalue weighted by Gasteiger charge is 2.19. The Balaban J connectivity index is 4.19. The Hall–Kier alpha value is -1.59. The molecule has 0 aliphatic carbocycles. The third kappa shape index (κ3) is 39.9. The molecule has 0 heterocycles. The fourth-order valence-corrected chi connectivity index (χ4v) is 6.90. The second-order valence-corrected chi connectivity index (χ2v) is 16.8. The van der Waals surface area contributed by atoms with Crippen LogP contribution in [-0.2, 0) is 28.6 Å². The second-order valence-electron chi connectivity index (χ2n) is 16.8. The van der Waals surface area contributed by atoms with E-state index in [1.165, 1.54) is 141 Å². The van der Waals surface area contributed by atoms with E-state index in [4.69, 9.17) is 14.2 Å². The van der Waals surface area contributed by atoms with Crippen molar-refractivity contribution in [1.29, 1.82) is 0 Å². The van der Waals surface area contributed by atoms with Crippen molar-refractivity contribution in [3.8, 4) is 0 Å². The standard InChI is InChI=1S/C47H90O6/c1-6-8-9-10-20-27-32-37-45(48)51-40-44(53-47(50)39-34-29-24-19-21-25-30-35-42(3)4)41-52-46(49)38-33-28-23-18-16-14-12-11-13-15-17-22-26-31-36-43(5)7-2/h42-44H,6-41H2,1-5H3/t43?,44-/m0/s1. The van der Waals surface area contributed by atoms with Crippen LogP contribution in [0.1, 0.15) is 253 Å². The highest BCUT2D eigenvalue weighted by atomic mass is 16.6. The van der Waals surface area contributed by atoms with Crippen LogP contribution >= 0.6 is 0 Å². The van der Waals surface area contributed by atoms with Crippen molar-refractivity contribution in [2.24, 2.45) is 11.8 Å². The molecule has 6 nitrogen and oxygen atoms in total. The molecule has 0 amide bonds. The predicted molar refractivity (Wildman–Crippen MR) is 224 cm³/mol. The van der Waals surface area contributed by atoms with Gasteiger partial charge in [-0.15, -0.1) is 0 Å². The molecule has 0 N–H and O–H groups in total. The summed E-state index contributed by atoms with van der Waals surface area (Å²) in [5.41, 5.74) is 0. The third-order valence-corrected chi connectivity index (χ3v) is 10.8. The van der Waals surface area contributed by atoms with Gasteiger partial charge in [0.15, 0.2) is 6.10 Å². The van der Waals surface area contributed by atoms with Gasteiger partial charge in [0.25, 0.3) is 0 Å². The highest BCUT2D eigenvalue weighted by Crippen LogP contribution is 2.17. The van der Waals surface area contributed by atoms with Crippen molar-refractivity contribution in [3.05, 3.63) is 0 Å². The zero-order chi connectivity index (χ0) is 39.0. The normalized spacial score (nSPS) is 12.6. The number of carbonyl (C=O) groups is 3. The molecule has 0 radical (unpaired) electrons. The van der Waals surface area contributed by atoms with Gasteiger partial charge in [0, 0.05) is 19.3 Å². The van der Waals surface area contributed by atoms with E-state index in [-0.39, 0.29) is 31.1 Å². The van der Waals surface area contributed by atoms with Crippen LogP contribution < -0.4 is 0 Å². The molecule has 314 valence electrons. The predicted octanol–water partition coefficient (Wildman–Crippen LogP) is 14.6. The van der Waals surface area contributed by atoms with E-state index >= 15 is 0 Å². The molecule has 1 unspecified atom stereocenters. The van der Waals surface area contributed by atoms with Gasteiger partial charge in [0.2, 0.25) is 0 Å². The largest absolute Gasteiger partial charge is 0.462 e. The van der Waals surface area contributed by atoms with E-state index < -0.39 is 6.10 Å². The minimum Gasteiger partial charge on any atom is -0.462 e. The maximum absolute atomic E-state index is 12.7. The Morgan fingerprint density at radius 3 is 1.08 bits per heavy atom. The first-order valence-corrected chi connectivity index (χ1v) is 23.3. The summed E-state index contributed by atoms with van der Waals surface area (Å²) in [6.07, 6.45) is 38.2. The van der Waals surface area contributed by atoms with Crippen LogP contribution in [0.5, 0.6) is 0 Å². The van der Waals surface area contributed by atoms with Gasteiger partial charge in [-0.25, -0.2) is 0 Å². The highest BCUT2D eigenvalue weighted by molar-refractivity contribution is 5.71. The molecule has 6 heteroatoms. The second kappa shape index (κ2) is 40.1. The van der Waals surface area contributed by atoms with Gasteiger partial charge < -0.3 is 14.2 Å². The lowest BCUT2D eigenvalue weighted by Crippen LogP contribution is -2.30. The number of esters is 3. The maximum atomic E-state index is 12.7. The van der Waals surface area contributed by atoms with Crippen molar-refractivity contribution in [2.75, 3.05) is 13.2 Å². The summed E-state index contributed by atoms with van der Waals surface area (Å²) >= 11 is 0. The van der Waals surface area contributed by atoms with E-state index in [9.17, 15) is 14.4 Å². The van der Waals surface area contributed by atoms with E-state index in [0.29, 0.717) is 19.3 Å². The number of carbonyl (C=O) groups excluding carboxylic acids is 3. The van der Waals surface area contributed by atoms with Crippen molar-refractivity contribution < 1.29 is 28.6 Å². The van der Waals surface area contributed by atoms with Crippen LogP contribution in [-0.4, -0.2) is 37.2 Å². The van der Waals surface area contributed by atoms with Gasteiger partial charge in [-0.3, -0.25) is 14.4 Å². The first-order valence-electron chi connectivity index (χ1n) is 23.3. The lowest BCUT2D eigenvalue weighted by atomic mass is 9.99. The molecule has 2 atom stereocenters. The van der Waals surface area contributed by atoms with Crippen molar-refractivity contribution in [3.63, 3.8) is 0 Å². The maximum Gasteiger partial charge on any atom is 0.306 e. The van der Waals surface area contributed by atoms with Crippen molar-refractivity contribution in [2.45, 2.75) is 259 Å². The van der Waals surface area contributed by atoms with Crippen LogP contribution in [0.4, 0.5) is 0 Å². The van der Waals surface area contributed by atoms with Gasteiger partial charge in [-0.1, -0.05) is 214 Å². The molecule has 0 aromatic rings. The Kier molecular flexibility index (Phi) is 38.9. The van der Waals surface area contributed by atoms with Gasteiger partial charge >= 0.3 is 17.9 Å². The Morgan fingerprint density at radius 1 is 0.396 bits per heavy atom. The number of hydrogen-bond acceptors (Lipinski definition) is 6. The Morgan fingerprint density at radius 2 is 0.717 bits per heavy atom. The molecule has 0 aliphatic heterocycles. The summed E-state index contributed by atoms with van der Waals surface area (Å²) in [4.78, 5) is 37.6.